The molecule has 0 aliphatic heterocycles. The summed E-state index contributed by atoms with van der Waals surface area (Å²) in [6.07, 6.45) is 0.685. The second kappa shape index (κ2) is 7.93. The van der Waals surface area contributed by atoms with Crippen molar-refractivity contribution in [3.05, 3.63) is 72.1 Å². The van der Waals surface area contributed by atoms with Crippen molar-refractivity contribution in [3.63, 3.8) is 0 Å². The molecule has 0 saturated heterocycles. The number of pyridine rings is 1. The SMILES string of the molecule is O=Cc1cc(-c2c(Cl)cc(Cl)cc2Cl)nc(-c2c(Cl)cc(Cl)cc2Cl)c1. The van der Waals surface area contributed by atoms with Gasteiger partial charge >= 0.3 is 0 Å². The minimum atomic E-state index is 0.303. The van der Waals surface area contributed by atoms with Crippen LogP contribution in [0.4, 0.5) is 0 Å². The highest BCUT2D eigenvalue weighted by molar-refractivity contribution is 6.42. The van der Waals surface area contributed by atoms with E-state index in [4.69, 9.17) is 69.6 Å². The smallest absolute Gasteiger partial charge is 0.150 e. The first kappa shape index (κ1) is 19.8. The van der Waals surface area contributed by atoms with E-state index < -0.39 is 0 Å². The number of halogens is 6. The van der Waals surface area contributed by atoms with Crippen LogP contribution >= 0.6 is 69.6 Å². The van der Waals surface area contributed by atoms with E-state index in [9.17, 15) is 4.79 Å². The van der Waals surface area contributed by atoms with Gasteiger partial charge in [0, 0.05) is 26.7 Å². The Kier molecular flexibility index (Phi) is 6.03. The molecule has 132 valence electrons. The summed E-state index contributed by atoms with van der Waals surface area (Å²) in [5.74, 6) is 0. The summed E-state index contributed by atoms with van der Waals surface area (Å²) in [6.45, 7) is 0. The molecule has 0 amide bonds. The topological polar surface area (TPSA) is 30.0 Å². The minimum Gasteiger partial charge on any atom is -0.298 e. The number of rotatable bonds is 3. The molecule has 1 heterocycles. The van der Waals surface area contributed by atoms with Gasteiger partial charge in [0.25, 0.3) is 0 Å². The molecule has 0 aliphatic rings. The van der Waals surface area contributed by atoms with Gasteiger partial charge in [-0.2, -0.15) is 0 Å². The van der Waals surface area contributed by atoms with Crippen LogP contribution in [0.15, 0.2) is 36.4 Å². The lowest BCUT2D eigenvalue weighted by Gasteiger charge is -2.12. The highest BCUT2D eigenvalue weighted by atomic mass is 35.5. The Balaban J connectivity index is 2.29. The van der Waals surface area contributed by atoms with Crippen molar-refractivity contribution < 1.29 is 4.79 Å². The zero-order chi connectivity index (χ0) is 19.0. The molecule has 2 nitrogen and oxygen atoms in total. The van der Waals surface area contributed by atoms with Gasteiger partial charge in [0.15, 0.2) is 0 Å². The monoisotopic (exact) mass is 463 g/mol. The van der Waals surface area contributed by atoms with Crippen LogP contribution in [0.2, 0.25) is 30.1 Å². The van der Waals surface area contributed by atoms with Crippen molar-refractivity contribution >= 4 is 75.9 Å². The molecule has 0 aliphatic carbocycles. The maximum atomic E-state index is 11.4. The van der Waals surface area contributed by atoms with Crippen molar-refractivity contribution in [2.45, 2.75) is 0 Å². The predicted molar refractivity (Wildman–Crippen MR) is 111 cm³/mol. The highest BCUT2D eigenvalue weighted by Crippen LogP contribution is 2.40. The van der Waals surface area contributed by atoms with E-state index in [1.165, 1.54) is 0 Å². The summed E-state index contributed by atoms with van der Waals surface area (Å²) >= 11 is 37.0. The van der Waals surface area contributed by atoms with Crippen molar-refractivity contribution in [2.75, 3.05) is 0 Å². The van der Waals surface area contributed by atoms with Gasteiger partial charge in [-0.25, -0.2) is 4.98 Å². The average molecular weight is 466 g/mol. The van der Waals surface area contributed by atoms with Gasteiger partial charge in [0.1, 0.15) is 6.29 Å². The van der Waals surface area contributed by atoms with E-state index in [2.05, 4.69) is 4.98 Å². The number of hydrogen-bond acceptors (Lipinski definition) is 2. The number of aldehydes is 1. The van der Waals surface area contributed by atoms with Crippen molar-refractivity contribution in [2.24, 2.45) is 0 Å². The van der Waals surface area contributed by atoms with Gasteiger partial charge in [-0.05, 0) is 36.4 Å². The molecule has 3 rings (SSSR count). The number of hydrogen-bond donors (Lipinski definition) is 0. The normalized spacial score (nSPS) is 10.8. The fraction of sp³-hybridized carbons (Fsp3) is 0. The Hall–Kier alpha value is -1.000. The van der Waals surface area contributed by atoms with Gasteiger partial charge in [0.05, 0.1) is 31.5 Å². The third-order valence-electron chi connectivity index (χ3n) is 3.51. The Labute approximate surface area is 179 Å². The quantitative estimate of drug-likeness (QED) is 0.365. The average Bonchev–Trinajstić information content (AvgIpc) is 2.52. The largest absolute Gasteiger partial charge is 0.298 e. The first-order valence-corrected chi connectivity index (χ1v) is 9.34. The van der Waals surface area contributed by atoms with Gasteiger partial charge < -0.3 is 0 Å². The summed E-state index contributed by atoms with van der Waals surface area (Å²) in [5.41, 5.74) is 2.03. The summed E-state index contributed by atoms with van der Waals surface area (Å²) in [4.78, 5) is 16.0. The van der Waals surface area contributed by atoms with Crippen LogP contribution in [-0.2, 0) is 0 Å². The molecular weight excluding hydrogens is 459 g/mol. The molecule has 8 heteroatoms. The Morgan fingerprint density at radius 1 is 0.615 bits per heavy atom. The van der Waals surface area contributed by atoms with E-state index in [0.717, 1.165) is 0 Å². The minimum absolute atomic E-state index is 0.303. The van der Waals surface area contributed by atoms with Crippen molar-refractivity contribution in [3.8, 4) is 22.5 Å². The molecule has 1 aromatic heterocycles. The maximum absolute atomic E-state index is 11.4. The summed E-state index contributed by atoms with van der Waals surface area (Å²) in [7, 11) is 0. The molecule has 0 fully saturated rings. The van der Waals surface area contributed by atoms with Crippen LogP contribution in [0, 0.1) is 0 Å². The fourth-order valence-corrected chi connectivity index (χ4v) is 4.47. The number of nitrogens with zero attached hydrogens (tertiary/aromatic N) is 1. The lowest BCUT2D eigenvalue weighted by molar-refractivity contribution is 0.112. The number of carbonyl (C=O) groups excluding carboxylic acids is 1. The van der Waals surface area contributed by atoms with Gasteiger partial charge in [-0.15, -0.1) is 0 Å². The number of aromatic nitrogens is 1. The molecule has 0 radical (unpaired) electrons. The molecule has 0 saturated carbocycles. The summed E-state index contributed by atoms with van der Waals surface area (Å²) < 4.78 is 0. The second-order valence-electron chi connectivity index (χ2n) is 5.28. The third kappa shape index (κ3) is 3.96. The molecular formula is C18H7Cl6NO. The lowest BCUT2D eigenvalue weighted by atomic mass is 10.0. The van der Waals surface area contributed by atoms with Crippen LogP contribution in [0.1, 0.15) is 10.4 Å². The van der Waals surface area contributed by atoms with Crippen molar-refractivity contribution in [1.29, 1.82) is 0 Å². The van der Waals surface area contributed by atoms with E-state index >= 15 is 0 Å². The predicted octanol–water partition coefficient (Wildman–Crippen LogP) is 8.15. The van der Waals surface area contributed by atoms with E-state index in [-0.39, 0.29) is 0 Å². The lowest BCUT2D eigenvalue weighted by Crippen LogP contribution is -1.95. The molecule has 2 aromatic carbocycles. The highest BCUT2D eigenvalue weighted by Gasteiger charge is 2.17. The number of carbonyl (C=O) groups is 1. The Morgan fingerprint density at radius 3 is 1.27 bits per heavy atom. The first-order valence-electron chi connectivity index (χ1n) is 7.07. The summed E-state index contributed by atoms with van der Waals surface area (Å²) in [5, 5.41) is 1.99. The fourth-order valence-electron chi connectivity index (χ4n) is 2.45. The molecule has 0 N–H and O–H groups in total. The van der Waals surface area contributed by atoms with Crippen molar-refractivity contribution in [1.82, 2.24) is 4.98 Å². The van der Waals surface area contributed by atoms with Crippen LogP contribution in [0.5, 0.6) is 0 Å². The van der Waals surface area contributed by atoms with Crippen LogP contribution in [0.3, 0.4) is 0 Å². The molecule has 0 atom stereocenters. The Morgan fingerprint density at radius 2 is 0.962 bits per heavy atom. The first-order chi connectivity index (χ1) is 12.3. The van der Waals surface area contributed by atoms with Crippen LogP contribution < -0.4 is 0 Å². The van der Waals surface area contributed by atoms with Crippen LogP contribution in [0.25, 0.3) is 22.5 Å². The van der Waals surface area contributed by atoms with Gasteiger partial charge in [0.2, 0.25) is 0 Å². The molecule has 0 spiro atoms. The second-order valence-corrected chi connectivity index (χ2v) is 7.78. The van der Waals surface area contributed by atoms with E-state index in [0.29, 0.717) is 64.5 Å². The zero-order valence-electron chi connectivity index (χ0n) is 12.7. The third-order valence-corrected chi connectivity index (χ3v) is 5.14. The summed E-state index contributed by atoms with van der Waals surface area (Å²) in [6, 6.07) is 9.30. The molecule has 0 unspecified atom stereocenters. The van der Waals surface area contributed by atoms with Crippen LogP contribution in [-0.4, -0.2) is 11.3 Å². The molecule has 3 aromatic rings. The standard InChI is InChI=1S/C18H7Cl6NO/c19-9-3-11(21)17(12(22)4-9)15-1-8(7-26)2-16(25-15)18-13(23)5-10(20)6-14(18)24/h1-7H. The Bertz CT molecular complexity index is 912. The van der Waals surface area contributed by atoms with Gasteiger partial charge in [-0.3, -0.25) is 4.79 Å². The maximum Gasteiger partial charge on any atom is 0.150 e. The number of benzene rings is 2. The molecule has 0 bridgehead atoms. The zero-order valence-corrected chi connectivity index (χ0v) is 17.2. The van der Waals surface area contributed by atoms with E-state index in [1.54, 1.807) is 36.4 Å². The van der Waals surface area contributed by atoms with Gasteiger partial charge in [-0.1, -0.05) is 69.6 Å². The molecule has 26 heavy (non-hydrogen) atoms. The van der Waals surface area contributed by atoms with E-state index in [1.807, 2.05) is 0 Å².